The monoisotopic (exact) mass is 319 g/mol. The Hall–Kier alpha value is -3.20. The summed E-state index contributed by atoms with van der Waals surface area (Å²) in [6, 6.07) is 6.91. The average molecular weight is 319 g/mol. The first kappa shape index (κ1) is 16.2. The second-order valence-electron chi connectivity index (χ2n) is 4.28. The lowest BCUT2D eigenvalue weighted by Crippen LogP contribution is -2.16. The van der Waals surface area contributed by atoms with Crippen molar-refractivity contribution in [3.8, 4) is 17.2 Å². The Kier molecular flexibility index (Phi) is 5.05. The number of rotatable bonds is 6. The van der Waals surface area contributed by atoms with Crippen LogP contribution in [0.15, 0.2) is 36.5 Å². The van der Waals surface area contributed by atoms with Crippen LogP contribution < -0.4 is 14.8 Å². The Morgan fingerprint density at radius 3 is 2.78 bits per heavy atom. The topological polar surface area (TPSA) is 124 Å². The first-order chi connectivity index (χ1) is 11.0. The maximum absolute atomic E-state index is 11.1. The molecule has 2 rings (SSSR count). The number of nitro benzene ring substituents is 1. The molecular weight excluding hydrogens is 306 g/mol. The van der Waals surface area contributed by atoms with Crippen molar-refractivity contribution in [1.29, 1.82) is 0 Å². The largest absolute Gasteiger partial charge is 0.493 e. The number of non-ortho nitro benzene ring substituents is 1. The number of anilines is 1. The number of carbonyl (C=O) groups excluding carboxylic acids is 1. The van der Waals surface area contributed by atoms with Crippen LogP contribution in [0, 0.1) is 10.1 Å². The highest BCUT2D eigenvalue weighted by Crippen LogP contribution is 2.34. The number of carbonyl (C=O) groups is 1. The summed E-state index contributed by atoms with van der Waals surface area (Å²) in [6.45, 7) is -0.664. The van der Waals surface area contributed by atoms with E-state index in [1.54, 1.807) is 0 Å². The molecule has 2 N–H and O–H groups in total. The first-order valence-electron chi connectivity index (χ1n) is 6.40. The molecule has 1 amide bonds. The second kappa shape index (κ2) is 7.18. The number of nitro groups is 1. The quantitative estimate of drug-likeness (QED) is 0.613. The molecule has 0 fully saturated rings. The predicted octanol–water partition coefficient (Wildman–Crippen LogP) is 1.72. The van der Waals surface area contributed by atoms with Crippen LogP contribution in [0.4, 0.5) is 11.5 Å². The van der Waals surface area contributed by atoms with Crippen molar-refractivity contribution in [3.63, 3.8) is 0 Å². The Balaban J connectivity index is 2.23. The number of amides is 1. The van der Waals surface area contributed by atoms with Gasteiger partial charge in [-0.25, -0.2) is 4.98 Å². The van der Waals surface area contributed by atoms with Crippen molar-refractivity contribution < 1.29 is 24.3 Å². The maximum Gasteiger partial charge on any atom is 0.273 e. The number of hydrogen-bond acceptors (Lipinski definition) is 7. The first-order valence-corrected chi connectivity index (χ1v) is 6.40. The minimum absolute atomic E-state index is 0.125. The minimum Gasteiger partial charge on any atom is -0.493 e. The number of benzene rings is 1. The van der Waals surface area contributed by atoms with E-state index in [0.29, 0.717) is 5.75 Å². The summed E-state index contributed by atoms with van der Waals surface area (Å²) in [5.74, 6) is 0.381. The standard InChI is InChI=1S/C14H13N3O6/c1-22-12-6-9(17(20)21)2-3-11(12)23-10-4-5-15-13(7-10)16-14(19)8-18/h2-7,18H,8H2,1H3,(H,15,16,19). The minimum atomic E-state index is -0.664. The fourth-order valence-corrected chi connectivity index (χ4v) is 1.71. The molecule has 0 atom stereocenters. The lowest BCUT2D eigenvalue weighted by molar-refractivity contribution is -0.384. The third-order valence-corrected chi connectivity index (χ3v) is 2.73. The van der Waals surface area contributed by atoms with Gasteiger partial charge in [0.1, 0.15) is 18.2 Å². The van der Waals surface area contributed by atoms with Gasteiger partial charge < -0.3 is 19.9 Å². The molecule has 0 radical (unpaired) electrons. The van der Waals surface area contributed by atoms with Gasteiger partial charge in [0.05, 0.1) is 18.1 Å². The van der Waals surface area contributed by atoms with E-state index in [2.05, 4.69) is 10.3 Å². The Labute approximate surface area is 130 Å². The summed E-state index contributed by atoms with van der Waals surface area (Å²) in [4.78, 5) is 25.2. The predicted molar refractivity (Wildman–Crippen MR) is 79.7 cm³/mol. The van der Waals surface area contributed by atoms with E-state index in [9.17, 15) is 14.9 Å². The van der Waals surface area contributed by atoms with Gasteiger partial charge >= 0.3 is 0 Å². The number of nitrogens with one attached hydrogen (secondary N) is 1. The molecule has 2 aromatic rings. The van der Waals surface area contributed by atoms with Gasteiger partial charge in [0.25, 0.3) is 11.6 Å². The van der Waals surface area contributed by atoms with Gasteiger partial charge in [-0.1, -0.05) is 0 Å². The smallest absolute Gasteiger partial charge is 0.273 e. The third-order valence-electron chi connectivity index (χ3n) is 2.73. The SMILES string of the molecule is COc1cc([N+](=O)[O-])ccc1Oc1ccnc(NC(=O)CO)c1. The molecule has 9 nitrogen and oxygen atoms in total. The molecule has 0 saturated heterocycles. The van der Waals surface area contributed by atoms with Crippen LogP contribution >= 0.6 is 0 Å². The van der Waals surface area contributed by atoms with E-state index in [-0.39, 0.29) is 23.0 Å². The van der Waals surface area contributed by atoms with Gasteiger partial charge in [-0.05, 0) is 12.1 Å². The van der Waals surface area contributed by atoms with Gasteiger partial charge in [0, 0.05) is 18.3 Å². The molecule has 0 bridgehead atoms. The second-order valence-corrected chi connectivity index (χ2v) is 4.28. The zero-order chi connectivity index (χ0) is 16.8. The summed E-state index contributed by atoms with van der Waals surface area (Å²) >= 11 is 0. The van der Waals surface area contributed by atoms with Crippen LogP contribution in [0.5, 0.6) is 17.2 Å². The van der Waals surface area contributed by atoms with E-state index in [1.165, 1.54) is 43.6 Å². The van der Waals surface area contributed by atoms with Crippen molar-refractivity contribution in [2.45, 2.75) is 0 Å². The van der Waals surface area contributed by atoms with Crippen molar-refractivity contribution in [1.82, 2.24) is 4.98 Å². The number of nitrogens with zero attached hydrogens (tertiary/aromatic N) is 2. The molecule has 1 aromatic carbocycles. The number of aliphatic hydroxyl groups is 1. The third kappa shape index (κ3) is 4.14. The number of ether oxygens (including phenoxy) is 2. The molecule has 9 heteroatoms. The maximum atomic E-state index is 11.1. The van der Waals surface area contributed by atoms with Crippen LogP contribution in [-0.2, 0) is 4.79 Å². The molecule has 1 heterocycles. The molecule has 0 aliphatic heterocycles. The normalized spacial score (nSPS) is 10.0. The Morgan fingerprint density at radius 2 is 2.13 bits per heavy atom. The summed E-state index contributed by atoms with van der Waals surface area (Å²) < 4.78 is 10.7. The summed E-state index contributed by atoms with van der Waals surface area (Å²) in [5.41, 5.74) is -0.125. The molecule has 0 spiro atoms. The van der Waals surface area contributed by atoms with Crippen LogP contribution in [0.1, 0.15) is 0 Å². The summed E-state index contributed by atoms with van der Waals surface area (Å²) in [7, 11) is 1.37. The zero-order valence-corrected chi connectivity index (χ0v) is 12.1. The summed E-state index contributed by atoms with van der Waals surface area (Å²) in [5, 5.41) is 21.8. The van der Waals surface area contributed by atoms with Gasteiger partial charge in [0.2, 0.25) is 0 Å². The summed E-state index contributed by atoms with van der Waals surface area (Å²) in [6.07, 6.45) is 1.40. The molecule has 0 unspecified atom stereocenters. The van der Waals surface area contributed by atoms with Crippen molar-refractivity contribution in [3.05, 3.63) is 46.6 Å². The van der Waals surface area contributed by atoms with Gasteiger partial charge in [-0.2, -0.15) is 0 Å². The van der Waals surface area contributed by atoms with E-state index < -0.39 is 17.4 Å². The molecule has 0 aliphatic rings. The van der Waals surface area contributed by atoms with E-state index in [1.807, 2.05) is 0 Å². The lowest BCUT2D eigenvalue weighted by Gasteiger charge is -2.11. The molecule has 0 saturated carbocycles. The average Bonchev–Trinajstić information content (AvgIpc) is 2.55. The van der Waals surface area contributed by atoms with E-state index >= 15 is 0 Å². The highest BCUT2D eigenvalue weighted by Gasteiger charge is 2.13. The van der Waals surface area contributed by atoms with Crippen LogP contribution in [-0.4, -0.2) is 34.6 Å². The van der Waals surface area contributed by atoms with Gasteiger partial charge in [0.15, 0.2) is 11.5 Å². The van der Waals surface area contributed by atoms with Crippen LogP contribution in [0.25, 0.3) is 0 Å². The van der Waals surface area contributed by atoms with Crippen molar-refractivity contribution >= 4 is 17.4 Å². The number of methoxy groups -OCH3 is 1. The molecule has 120 valence electrons. The Bertz CT molecular complexity index is 734. The van der Waals surface area contributed by atoms with Gasteiger partial charge in [-0.15, -0.1) is 0 Å². The highest BCUT2D eigenvalue weighted by molar-refractivity contribution is 5.90. The zero-order valence-electron chi connectivity index (χ0n) is 12.1. The fourth-order valence-electron chi connectivity index (χ4n) is 1.71. The van der Waals surface area contributed by atoms with Crippen molar-refractivity contribution in [2.24, 2.45) is 0 Å². The van der Waals surface area contributed by atoms with Gasteiger partial charge in [-0.3, -0.25) is 14.9 Å². The lowest BCUT2D eigenvalue weighted by atomic mass is 10.3. The van der Waals surface area contributed by atoms with Crippen LogP contribution in [0.2, 0.25) is 0 Å². The number of pyridine rings is 1. The van der Waals surface area contributed by atoms with Crippen molar-refractivity contribution in [2.75, 3.05) is 19.0 Å². The fraction of sp³-hybridized carbons (Fsp3) is 0.143. The number of aromatic nitrogens is 1. The number of aliphatic hydroxyl groups excluding tert-OH is 1. The van der Waals surface area contributed by atoms with Crippen LogP contribution in [0.3, 0.4) is 0 Å². The highest BCUT2D eigenvalue weighted by atomic mass is 16.6. The number of hydrogen-bond donors (Lipinski definition) is 2. The molecule has 0 aliphatic carbocycles. The van der Waals surface area contributed by atoms with E-state index in [4.69, 9.17) is 14.6 Å². The Morgan fingerprint density at radius 1 is 1.35 bits per heavy atom. The van der Waals surface area contributed by atoms with E-state index in [0.717, 1.165) is 0 Å². The molecular formula is C14H13N3O6. The molecule has 1 aromatic heterocycles. The molecule has 23 heavy (non-hydrogen) atoms.